The van der Waals surface area contributed by atoms with Crippen LogP contribution in [-0.2, 0) is 13.8 Å². The summed E-state index contributed by atoms with van der Waals surface area (Å²) in [5, 5.41) is 0. The molecule has 2 aromatic heterocycles. The van der Waals surface area contributed by atoms with E-state index in [1.165, 1.54) is 6.33 Å². The molecule has 0 radical (unpaired) electrons. The van der Waals surface area contributed by atoms with Crippen LogP contribution in [-0.4, -0.2) is 37.1 Å². The largest absolute Gasteiger partial charge is 0.400 e. The van der Waals surface area contributed by atoms with Crippen molar-refractivity contribution in [3.63, 3.8) is 0 Å². The molecule has 120 valence electrons. The average Bonchev–Trinajstić information content (AvgIpc) is 3.01. The molecule has 0 aromatic carbocycles. The zero-order chi connectivity index (χ0) is 15.9. The Labute approximate surface area is 123 Å². The van der Waals surface area contributed by atoms with Crippen molar-refractivity contribution in [2.45, 2.75) is 25.2 Å². The normalized spacial score (nSPS) is 24.6. The molecule has 11 nitrogen and oxygen atoms in total. The Morgan fingerprint density at radius 2 is 2.36 bits per heavy atom. The molecule has 6 N–H and O–H groups in total. The Bertz CT molecular complexity index is 797. The Balaban J connectivity index is 1.79. The van der Waals surface area contributed by atoms with Gasteiger partial charge in [0.05, 0.1) is 19.0 Å². The molecule has 22 heavy (non-hydrogen) atoms. The third kappa shape index (κ3) is 3.03. The number of nitrogen functional groups attached to an aromatic ring is 1. The lowest BCUT2D eigenvalue weighted by molar-refractivity contribution is -0.0175. The summed E-state index contributed by atoms with van der Waals surface area (Å²) in [6.07, 6.45) is 1.85. The highest BCUT2D eigenvalue weighted by Gasteiger charge is 2.30. The highest BCUT2D eigenvalue weighted by molar-refractivity contribution is 7.50. The minimum Gasteiger partial charge on any atom is -0.369 e. The topological polar surface area (TPSA) is 171 Å². The molecule has 3 heterocycles. The summed E-state index contributed by atoms with van der Waals surface area (Å²) in [6, 6.07) is 0. The number of imidazole rings is 1. The molecule has 1 unspecified atom stereocenters. The van der Waals surface area contributed by atoms with E-state index in [4.69, 9.17) is 20.9 Å². The molecule has 3 rings (SSSR count). The SMILES string of the molecule is Nc1nc2c(ncn2[C@H]2CC[C@@H](COP(N)(=O)O)O2)c(=O)[nH]1. The molecular weight excluding hydrogens is 315 g/mol. The van der Waals surface area contributed by atoms with Gasteiger partial charge in [0.1, 0.15) is 6.23 Å². The third-order valence-electron chi connectivity index (χ3n) is 3.29. The molecule has 1 saturated heterocycles. The van der Waals surface area contributed by atoms with Gasteiger partial charge >= 0.3 is 7.75 Å². The number of anilines is 1. The Morgan fingerprint density at radius 1 is 1.59 bits per heavy atom. The van der Waals surface area contributed by atoms with Crippen LogP contribution in [0, 0.1) is 0 Å². The smallest absolute Gasteiger partial charge is 0.369 e. The predicted molar refractivity (Wildman–Crippen MR) is 75.7 cm³/mol. The fraction of sp³-hybridized carbons (Fsp3) is 0.500. The minimum absolute atomic E-state index is 0.0125. The Hall–Kier alpha value is -1.78. The molecule has 0 saturated carbocycles. The Morgan fingerprint density at radius 3 is 3.09 bits per heavy atom. The maximum atomic E-state index is 11.7. The maximum absolute atomic E-state index is 11.7. The van der Waals surface area contributed by atoms with Gasteiger partial charge in [0.15, 0.2) is 11.2 Å². The summed E-state index contributed by atoms with van der Waals surface area (Å²) in [4.78, 5) is 31.1. The van der Waals surface area contributed by atoms with Crippen molar-refractivity contribution in [3.05, 3.63) is 16.7 Å². The number of H-pyrrole nitrogens is 1. The summed E-state index contributed by atoms with van der Waals surface area (Å²) < 4.78 is 22.9. The number of aromatic amines is 1. The number of nitrogens with one attached hydrogen (secondary N) is 1. The number of rotatable bonds is 4. The van der Waals surface area contributed by atoms with Crippen LogP contribution in [0.25, 0.3) is 11.2 Å². The van der Waals surface area contributed by atoms with E-state index in [1.807, 2.05) is 0 Å². The fourth-order valence-electron chi connectivity index (χ4n) is 2.36. The summed E-state index contributed by atoms with van der Waals surface area (Å²) in [7, 11) is -4.02. The van der Waals surface area contributed by atoms with E-state index >= 15 is 0 Å². The number of fused-ring (bicyclic) bond motifs is 1. The minimum atomic E-state index is -4.02. The van der Waals surface area contributed by atoms with E-state index in [-0.39, 0.29) is 24.2 Å². The number of ether oxygens (including phenoxy) is 1. The molecule has 3 atom stereocenters. The van der Waals surface area contributed by atoms with Crippen molar-refractivity contribution < 1.29 is 18.7 Å². The first-order valence-corrected chi connectivity index (χ1v) is 8.12. The number of hydrogen-bond acceptors (Lipinski definition) is 7. The summed E-state index contributed by atoms with van der Waals surface area (Å²) in [6.45, 7) is -0.0937. The van der Waals surface area contributed by atoms with E-state index in [9.17, 15) is 9.36 Å². The molecule has 0 amide bonds. The van der Waals surface area contributed by atoms with Gasteiger partial charge in [-0.3, -0.25) is 18.9 Å². The lowest BCUT2D eigenvalue weighted by atomic mass is 10.2. The van der Waals surface area contributed by atoms with E-state index in [1.54, 1.807) is 4.57 Å². The predicted octanol–water partition coefficient (Wildman–Crippen LogP) is -0.545. The van der Waals surface area contributed by atoms with Gasteiger partial charge in [-0.05, 0) is 12.8 Å². The van der Waals surface area contributed by atoms with Crippen molar-refractivity contribution in [2.24, 2.45) is 5.50 Å². The van der Waals surface area contributed by atoms with Gasteiger partial charge in [-0.2, -0.15) is 4.98 Å². The molecule has 1 aliphatic heterocycles. The summed E-state index contributed by atoms with van der Waals surface area (Å²) >= 11 is 0. The molecule has 0 bridgehead atoms. The van der Waals surface area contributed by atoms with Crippen LogP contribution < -0.4 is 16.8 Å². The number of nitrogens with two attached hydrogens (primary N) is 2. The molecule has 1 fully saturated rings. The van der Waals surface area contributed by atoms with E-state index in [0.29, 0.717) is 18.5 Å². The van der Waals surface area contributed by atoms with Crippen molar-refractivity contribution in [1.82, 2.24) is 19.5 Å². The highest BCUT2D eigenvalue weighted by Crippen LogP contribution is 2.35. The van der Waals surface area contributed by atoms with Crippen LogP contribution in [0.3, 0.4) is 0 Å². The van der Waals surface area contributed by atoms with Crippen molar-refractivity contribution in [2.75, 3.05) is 12.3 Å². The van der Waals surface area contributed by atoms with Gasteiger partial charge in [-0.15, -0.1) is 0 Å². The van der Waals surface area contributed by atoms with Crippen LogP contribution in [0.15, 0.2) is 11.1 Å². The first kappa shape index (κ1) is 15.1. The van der Waals surface area contributed by atoms with Gasteiger partial charge in [0, 0.05) is 0 Å². The Kier molecular flexibility index (Phi) is 3.75. The number of aromatic nitrogens is 4. The quantitative estimate of drug-likeness (QED) is 0.537. The van der Waals surface area contributed by atoms with Crippen LogP contribution in [0.1, 0.15) is 19.1 Å². The number of nitrogens with zero attached hydrogens (tertiary/aromatic N) is 3. The van der Waals surface area contributed by atoms with Crippen LogP contribution >= 0.6 is 7.75 Å². The maximum Gasteiger partial charge on any atom is 0.400 e. The van der Waals surface area contributed by atoms with E-state index in [2.05, 4.69) is 19.5 Å². The first-order valence-electron chi connectivity index (χ1n) is 6.47. The lowest BCUT2D eigenvalue weighted by Crippen LogP contribution is -2.18. The number of hydrogen-bond donors (Lipinski definition) is 4. The zero-order valence-electron chi connectivity index (χ0n) is 11.4. The zero-order valence-corrected chi connectivity index (χ0v) is 12.3. The molecule has 0 aliphatic carbocycles. The van der Waals surface area contributed by atoms with Gasteiger partial charge in [-0.25, -0.2) is 15.1 Å². The summed E-state index contributed by atoms with van der Waals surface area (Å²) in [5.41, 5.74) is 10.5. The van der Waals surface area contributed by atoms with E-state index < -0.39 is 19.5 Å². The average molecular weight is 330 g/mol. The van der Waals surface area contributed by atoms with Gasteiger partial charge in [0.2, 0.25) is 5.95 Å². The highest BCUT2D eigenvalue weighted by atomic mass is 31.2. The van der Waals surface area contributed by atoms with Crippen LogP contribution in [0.5, 0.6) is 0 Å². The monoisotopic (exact) mass is 330 g/mol. The van der Waals surface area contributed by atoms with Crippen LogP contribution in [0.2, 0.25) is 0 Å². The first-order chi connectivity index (χ1) is 10.3. The van der Waals surface area contributed by atoms with Gasteiger partial charge in [0.25, 0.3) is 5.56 Å². The van der Waals surface area contributed by atoms with Gasteiger partial charge in [-0.1, -0.05) is 0 Å². The third-order valence-corrected chi connectivity index (χ3v) is 3.81. The molecule has 2 aromatic rings. The van der Waals surface area contributed by atoms with Crippen LogP contribution in [0.4, 0.5) is 5.95 Å². The van der Waals surface area contributed by atoms with Crippen molar-refractivity contribution in [1.29, 1.82) is 0 Å². The second-order valence-corrected chi connectivity index (χ2v) is 6.31. The molecule has 0 spiro atoms. The molecule has 12 heteroatoms. The molecule has 1 aliphatic rings. The summed E-state index contributed by atoms with van der Waals surface area (Å²) in [5.74, 6) is -0.0125. The van der Waals surface area contributed by atoms with Gasteiger partial charge < -0.3 is 15.4 Å². The lowest BCUT2D eigenvalue weighted by Gasteiger charge is -2.15. The fourth-order valence-corrected chi connectivity index (χ4v) is 2.74. The second kappa shape index (κ2) is 5.45. The van der Waals surface area contributed by atoms with E-state index in [0.717, 1.165) is 0 Å². The second-order valence-electron chi connectivity index (χ2n) is 4.93. The van der Waals surface area contributed by atoms with Crippen molar-refractivity contribution in [3.8, 4) is 0 Å². The molecular formula is C10H15N6O5P. The standard InChI is InChI=1S/C10H15N6O5P/c11-10-14-8-7(9(17)15-10)13-4-16(8)6-2-1-5(21-6)3-20-22(12,18)19/h4-6H,1-3H2,(H3,12,18,19)(H3,11,14,15,17)/t5-,6+/m0/s1. The van der Waals surface area contributed by atoms with Crippen molar-refractivity contribution >= 4 is 24.9 Å².